The van der Waals surface area contributed by atoms with Crippen molar-refractivity contribution < 1.29 is 14.4 Å². The first kappa shape index (κ1) is 29.9. The molecule has 0 aromatic heterocycles. The fraction of sp³-hybridized carbons (Fsp3) is 0.690. The number of alkyl halides is 1. The molecule has 0 bridgehead atoms. The summed E-state index contributed by atoms with van der Waals surface area (Å²) in [4.78, 5) is 42.6. The number of likely N-dealkylation sites (N-methyl/N-ethyl adjacent to an activating group) is 1. The average molecular weight is 625 g/mol. The fourth-order valence-electron chi connectivity index (χ4n) is 5.73. The lowest BCUT2D eigenvalue weighted by Gasteiger charge is -2.38. The molecule has 3 N–H and O–H groups in total. The molecule has 1 aromatic rings. The molecule has 0 unspecified atom stereocenters. The van der Waals surface area contributed by atoms with Crippen LogP contribution in [0.3, 0.4) is 0 Å². The zero-order valence-electron chi connectivity index (χ0n) is 22.9. The first-order valence-electron chi connectivity index (χ1n) is 14.0. The van der Waals surface area contributed by atoms with Crippen LogP contribution >= 0.6 is 22.6 Å². The van der Waals surface area contributed by atoms with Gasteiger partial charge in [0.15, 0.2) is 0 Å². The Hall–Kier alpha value is -1.68. The van der Waals surface area contributed by atoms with Crippen LogP contribution in [0.4, 0.5) is 0 Å². The summed E-state index contributed by atoms with van der Waals surface area (Å²) in [5.41, 5.74) is 2.48. The molecule has 0 spiro atoms. The lowest BCUT2D eigenvalue weighted by molar-refractivity contribution is -0.144. The van der Waals surface area contributed by atoms with Gasteiger partial charge in [0.05, 0.1) is 16.6 Å². The van der Waals surface area contributed by atoms with E-state index in [1.807, 2.05) is 6.07 Å². The molecule has 1 aromatic carbocycles. The molecule has 7 nitrogen and oxygen atoms in total. The summed E-state index contributed by atoms with van der Waals surface area (Å²) in [6.07, 6.45) is 8.66. The fourth-order valence-corrected chi connectivity index (χ4v) is 6.54. The highest BCUT2D eigenvalue weighted by atomic mass is 127. The van der Waals surface area contributed by atoms with Crippen LogP contribution in [0.15, 0.2) is 24.3 Å². The molecular weight excluding hydrogens is 579 g/mol. The van der Waals surface area contributed by atoms with Gasteiger partial charge in [-0.3, -0.25) is 14.4 Å². The molecule has 0 aliphatic heterocycles. The number of fused-ring (bicyclic) bond motifs is 1. The Bertz CT molecular complexity index is 918. The van der Waals surface area contributed by atoms with Crippen LogP contribution in [0.2, 0.25) is 0 Å². The summed E-state index contributed by atoms with van der Waals surface area (Å²) < 4.78 is 0.392. The average Bonchev–Trinajstić information content (AvgIpc) is 2.91. The van der Waals surface area contributed by atoms with Crippen molar-refractivity contribution in [3.05, 3.63) is 35.4 Å². The van der Waals surface area contributed by atoms with Gasteiger partial charge in [-0.2, -0.15) is 0 Å². The predicted octanol–water partition coefficient (Wildman–Crippen LogP) is 4.49. The molecule has 0 saturated heterocycles. The number of nitrogens with one attached hydrogen (secondary N) is 3. The zero-order valence-corrected chi connectivity index (χ0v) is 25.1. The van der Waals surface area contributed by atoms with Crippen LogP contribution < -0.4 is 16.0 Å². The summed E-state index contributed by atoms with van der Waals surface area (Å²) in [5.74, 6) is -0.0867. The van der Waals surface area contributed by atoms with Gasteiger partial charge < -0.3 is 20.9 Å². The molecule has 2 aliphatic carbocycles. The number of benzene rings is 1. The lowest BCUT2D eigenvalue weighted by Crippen LogP contribution is -2.59. The van der Waals surface area contributed by atoms with Crippen molar-refractivity contribution in [2.75, 3.05) is 11.6 Å². The van der Waals surface area contributed by atoms with E-state index in [2.05, 4.69) is 70.6 Å². The minimum atomic E-state index is -0.615. The number of halogens is 1. The molecule has 206 valence electrons. The molecule has 3 amide bonds. The highest BCUT2D eigenvalue weighted by Crippen LogP contribution is 2.31. The number of carbonyl (C=O) groups is 3. The first-order chi connectivity index (χ1) is 17.8. The number of rotatable bonds is 11. The largest absolute Gasteiger partial charge is 0.347 e. The topological polar surface area (TPSA) is 90.5 Å². The summed E-state index contributed by atoms with van der Waals surface area (Å²) >= 11 is 2.19. The predicted molar refractivity (Wildman–Crippen MR) is 156 cm³/mol. The molecule has 37 heavy (non-hydrogen) atoms. The van der Waals surface area contributed by atoms with Crippen LogP contribution in [0, 0.1) is 11.8 Å². The number of hydrogen-bond acceptors (Lipinski definition) is 4. The maximum absolute atomic E-state index is 14.1. The molecule has 1 fully saturated rings. The van der Waals surface area contributed by atoms with E-state index in [0.29, 0.717) is 11.0 Å². The highest BCUT2D eigenvalue weighted by molar-refractivity contribution is 14.1. The van der Waals surface area contributed by atoms with E-state index < -0.39 is 18.1 Å². The number of carbonyl (C=O) groups excluding carboxylic acids is 3. The Kier molecular flexibility index (Phi) is 11.7. The van der Waals surface area contributed by atoms with Gasteiger partial charge in [-0.15, -0.1) is 0 Å². The molecule has 8 heteroatoms. The quantitative estimate of drug-likeness (QED) is 0.192. The standard InChI is InChI=1S/C29H45IN4O3/c1-19(2)17-25(28(36)32-24-16-10-14-21-11-8-9-15-23(21)24)34(18-30)29(37)26(22-12-6-5-7-13-22)33-27(35)20(3)31-4/h8-9,11,15,19-20,22,24-26,31H,5-7,10,12-14,16-18H2,1-4H3,(H,32,36)(H,33,35)/t20-,24+,25-,26-/m0/s1. The van der Waals surface area contributed by atoms with Crippen LogP contribution in [-0.4, -0.2) is 52.3 Å². The molecule has 1 saturated carbocycles. The highest BCUT2D eigenvalue weighted by Gasteiger charge is 2.39. The molecule has 3 rings (SSSR count). The Morgan fingerprint density at radius 1 is 1.00 bits per heavy atom. The third-order valence-corrected chi connectivity index (χ3v) is 8.72. The van der Waals surface area contributed by atoms with Crippen molar-refractivity contribution in [1.82, 2.24) is 20.9 Å². The van der Waals surface area contributed by atoms with E-state index in [1.54, 1.807) is 18.9 Å². The van der Waals surface area contributed by atoms with Gasteiger partial charge in [-0.25, -0.2) is 0 Å². The Labute approximate surface area is 236 Å². The van der Waals surface area contributed by atoms with E-state index in [4.69, 9.17) is 0 Å². The van der Waals surface area contributed by atoms with Crippen molar-refractivity contribution in [2.24, 2.45) is 11.8 Å². The van der Waals surface area contributed by atoms with Gasteiger partial charge in [-0.05, 0) is 75.5 Å². The van der Waals surface area contributed by atoms with Gasteiger partial charge in [0.25, 0.3) is 0 Å². The normalized spacial score (nSPS) is 20.4. The summed E-state index contributed by atoms with van der Waals surface area (Å²) in [6.45, 7) is 5.97. The molecule has 0 radical (unpaired) electrons. The number of nitrogens with zero attached hydrogens (tertiary/aromatic N) is 1. The van der Waals surface area contributed by atoms with Crippen LogP contribution in [0.5, 0.6) is 0 Å². The summed E-state index contributed by atoms with van der Waals surface area (Å²) in [6, 6.07) is 6.70. The zero-order chi connectivity index (χ0) is 26.9. The van der Waals surface area contributed by atoms with Crippen molar-refractivity contribution in [2.45, 2.75) is 103 Å². The number of amides is 3. The molecule has 2 aliphatic rings. The third-order valence-electron chi connectivity index (χ3n) is 7.98. The maximum Gasteiger partial charge on any atom is 0.246 e. The smallest absolute Gasteiger partial charge is 0.246 e. The summed E-state index contributed by atoms with van der Waals surface area (Å²) in [5, 5.41) is 9.34. The van der Waals surface area contributed by atoms with E-state index in [0.717, 1.165) is 51.4 Å². The lowest BCUT2D eigenvalue weighted by atomic mass is 9.83. The van der Waals surface area contributed by atoms with Crippen LogP contribution in [0.25, 0.3) is 0 Å². The van der Waals surface area contributed by atoms with Gasteiger partial charge in [0.2, 0.25) is 17.7 Å². The first-order valence-corrected chi connectivity index (χ1v) is 15.5. The minimum absolute atomic E-state index is 0.0383. The summed E-state index contributed by atoms with van der Waals surface area (Å²) in [7, 11) is 1.74. The van der Waals surface area contributed by atoms with Gasteiger partial charge in [0, 0.05) is 0 Å². The number of hydrogen-bond donors (Lipinski definition) is 3. The third kappa shape index (κ3) is 7.91. The van der Waals surface area contributed by atoms with Crippen molar-refractivity contribution in [3.63, 3.8) is 0 Å². The van der Waals surface area contributed by atoms with Gasteiger partial charge in [-0.1, -0.05) is 80.0 Å². The Balaban J connectivity index is 1.85. The van der Waals surface area contributed by atoms with Crippen molar-refractivity contribution in [1.29, 1.82) is 0 Å². The maximum atomic E-state index is 14.1. The second kappa shape index (κ2) is 14.5. The molecule has 4 atom stereocenters. The molecular formula is C29H45IN4O3. The second-order valence-corrected chi connectivity index (χ2v) is 11.8. The van der Waals surface area contributed by atoms with Crippen molar-refractivity contribution in [3.8, 4) is 0 Å². The van der Waals surface area contributed by atoms with E-state index in [-0.39, 0.29) is 35.6 Å². The van der Waals surface area contributed by atoms with E-state index in [9.17, 15) is 14.4 Å². The van der Waals surface area contributed by atoms with E-state index in [1.165, 1.54) is 11.1 Å². The van der Waals surface area contributed by atoms with E-state index >= 15 is 0 Å². The molecule has 0 heterocycles. The monoisotopic (exact) mass is 624 g/mol. The Morgan fingerprint density at radius 3 is 2.35 bits per heavy atom. The van der Waals surface area contributed by atoms with Crippen LogP contribution in [0.1, 0.15) is 89.3 Å². The van der Waals surface area contributed by atoms with Gasteiger partial charge in [0.1, 0.15) is 12.1 Å². The Morgan fingerprint density at radius 2 is 1.70 bits per heavy atom. The minimum Gasteiger partial charge on any atom is -0.347 e. The van der Waals surface area contributed by atoms with Crippen molar-refractivity contribution >= 4 is 40.3 Å². The van der Waals surface area contributed by atoms with Crippen LogP contribution in [-0.2, 0) is 20.8 Å². The van der Waals surface area contributed by atoms with Gasteiger partial charge >= 0.3 is 0 Å². The SMILES string of the molecule is CN[C@@H](C)C(=O)N[C@H](C(=O)N(CI)[C@@H](CC(C)C)C(=O)N[C@@H]1CCCc2ccccc21)C1CCCCC1. The number of aryl methyl sites for hydroxylation is 1. The second-order valence-electron chi connectivity index (χ2n) is 11.1.